The number of carbonyl (C=O) groups is 1. The number of carboxylic acids is 1. The number of nitrogens with one attached hydrogen (secondary N) is 1. The Morgan fingerprint density at radius 2 is 1.71 bits per heavy atom. The number of tetrazole rings is 1. The van der Waals surface area contributed by atoms with Gasteiger partial charge < -0.3 is 5.11 Å². The molecule has 0 saturated carbocycles. The predicted molar refractivity (Wildman–Crippen MR) is 72.0 cm³/mol. The SMILES string of the molecule is O=C(O)c1ccc(-c2ccc(-c3nnn[nH]3)cc2)cc1F. The summed E-state index contributed by atoms with van der Waals surface area (Å²) in [5, 5.41) is 22.2. The van der Waals surface area contributed by atoms with Crippen molar-refractivity contribution in [2.45, 2.75) is 0 Å². The molecular weight excluding hydrogens is 275 g/mol. The number of nitrogens with zero attached hydrogens (tertiary/aromatic N) is 3. The first kappa shape index (κ1) is 12.9. The quantitative estimate of drug-likeness (QED) is 0.770. The van der Waals surface area contributed by atoms with Gasteiger partial charge in [0, 0.05) is 5.56 Å². The van der Waals surface area contributed by atoms with E-state index in [2.05, 4.69) is 20.6 Å². The molecule has 0 aliphatic heterocycles. The molecule has 104 valence electrons. The lowest BCUT2D eigenvalue weighted by atomic mass is 10.0. The van der Waals surface area contributed by atoms with E-state index < -0.39 is 11.8 Å². The van der Waals surface area contributed by atoms with Gasteiger partial charge in [0.15, 0.2) is 5.82 Å². The normalized spacial score (nSPS) is 10.5. The van der Waals surface area contributed by atoms with Crippen molar-refractivity contribution in [2.24, 2.45) is 0 Å². The first-order valence-corrected chi connectivity index (χ1v) is 6.02. The minimum atomic E-state index is -1.28. The van der Waals surface area contributed by atoms with E-state index in [1.165, 1.54) is 12.1 Å². The van der Waals surface area contributed by atoms with Crippen molar-refractivity contribution >= 4 is 5.97 Å². The number of H-pyrrole nitrogens is 1. The Morgan fingerprint density at radius 1 is 1.05 bits per heavy atom. The number of hydrogen-bond acceptors (Lipinski definition) is 4. The van der Waals surface area contributed by atoms with E-state index in [1.807, 2.05) is 0 Å². The average molecular weight is 284 g/mol. The number of halogens is 1. The van der Waals surface area contributed by atoms with Crippen molar-refractivity contribution in [3.8, 4) is 22.5 Å². The molecule has 0 unspecified atom stereocenters. The molecule has 0 saturated heterocycles. The lowest BCUT2D eigenvalue weighted by Gasteiger charge is -2.04. The Morgan fingerprint density at radius 3 is 2.29 bits per heavy atom. The lowest BCUT2D eigenvalue weighted by molar-refractivity contribution is 0.0692. The smallest absolute Gasteiger partial charge is 0.338 e. The molecule has 1 aromatic heterocycles. The summed E-state index contributed by atoms with van der Waals surface area (Å²) in [6.45, 7) is 0. The van der Waals surface area contributed by atoms with Crippen LogP contribution in [0.5, 0.6) is 0 Å². The van der Waals surface area contributed by atoms with Gasteiger partial charge in [-0.1, -0.05) is 30.3 Å². The van der Waals surface area contributed by atoms with Crippen LogP contribution < -0.4 is 0 Å². The Balaban J connectivity index is 1.94. The lowest BCUT2D eigenvalue weighted by Crippen LogP contribution is -2.00. The fourth-order valence-corrected chi connectivity index (χ4v) is 1.97. The van der Waals surface area contributed by atoms with Gasteiger partial charge in [0.1, 0.15) is 5.82 Å². The van der Waals surface area contributed by atoms with Crippen LogP contribution in [0, 0.1) is 5.82 Å². The number of aromatic nitrogens is 4. The molecule has 0 aliphatic carbocycles. The Kier molecular flexibility index (Phi) is 3.15. The fraction of sp³-hybridized carbons (Fsp3) is 0. The summed E-state index contributed by atoms with van der Waals surface area (Å²) >= 11 is 0. The zero-order valence-corrected chi connectivity index (χ0v) is 10.6. The summed E-state index contributed by atoms with van der Waals surface area (Å²) in [7, 11) is 0. The van der Waals surface area contributed by atoms with Crippen LogP contribution in [0.3, 0.4) is 0 Å². The third-order valence-corrected chi connectivity index (χ3v) is 3.04. The molecule has 0 radical (unpaired) electrons. The minimum absolute atomic E-state index is 0.344. The molecule has 0 atom stereocenters. The molecule has 0 fully saturated rings. The van der Waals surface area contributed by atoms with Gasteiger partial charge in [-0.25, -0.2) is 14.3 Å². The van der Waals surface area contributed by atoms with E-state index in [9.17, 15) is 9.18 Å². The van der Waals surface area contributed by atoms with Gasteiger partial charge in [-0.05, 0) is 33.7 Å². The zero-order chi connectivity index (χ0) is 14.8. The van der Waals surface area contributed by atoms with Crippen molar-refractivity contribution in [2.75, 3.05) is 0 Å². The third-order valence-electron chi connectivity index (χ3n) is 3.04. The second-order valence-electron chi connectivity index (χ2n) is 4.33. The summed E-state index contributed by atoms with van der Waals surface area (Å²) < 4.78 is 13.7. The maximum atomic E-state index is 13.7. The fourth-order valence-electron chi connectivity index (χ4n) is 1.97. The third kappa shape index (κ3) is 2.48. The summed E-state index contributed by atoms with van der Waals surface area (Å²) in [6.07, 6.45) is 0. The molecule has 3 rings (SSSR count). The van der Waals surface area contributed by atoms with Crippen molar-refractivity contribution < 1.29 is 14.3 Å². The monoisotopic (exact) mass is 284 g/mol. The molecule has 6 nitrogen and oxygen atoms in total. The second kappa shape index (κ2) is 5.12. The van der Waals surface area contributed by atoms with Crippen molar-refractivity contribution in [3.05, 3.63) is 53.8 Å². The summed E-state index contributed by atoms with van der Waals surface area (Å²) in [6, 6.07) is 11.2. The van der Waals surface area contributed by atoms with Crippen molar-refractivity contribution in [3.63, 3.8) is 0 Å². The van der Waals surface area contributed by atoms with E-state index in [0.717, 1.165) is 11.1 Å². The van der Waals surface area contributed by atoms with Crippen LogP contribution in [0.15, 0.2) is 42.5 Å². The number of aromatic carboxylic acids is 1. The molecule has 0 amide bonds. The van der Waals surface area contributed by atoms with Gasteiger partial charge >= 0.3 is 5.97 Å². The molecule has 0 bridgehead atoms. The van der Waals surface area contributed by atoms with E-state index in [0.29, 0.717) is 11.4 Å². The first-order chi connectivity index (χ1) is 10.1. The topological polar surface area (TPSA) is 91.8 Å². The van der Waals surface area contributed by atoms with Gasteiger partial charge in [0.25, 0.3) is 0 Å². The Labute approximate surface area is 118 Å². The summed E-state index contributed by atoms with van der Waals surface area (Å²) in [5.74, 6) is -1.51. The molecule has 7 heteroatoms. The molecule has 3 aromatic rings. The van der Waals surface area contributed by atoms with Crippen LogP contribution in [0.25, 0.3) is 22.5 Å². The molecule has 21 heavy (non-hydrogen) atoms. The minimum Gasteiger partial charge on any atom is -0.478 e. The van der Waals surface area contributed by atoms with Crippen LogP contribution in [0.1, 0.15) is 10.4 Å². The maximum absolute atomic E-state index is 13.7. The molecule has 2 aromatic carbocycles. The molecular formula is C14H9FN4O2. The zero-order valence-electron chi connectivity index (χ0n) is 10.6. The number of carboxylic acid groups (broad SMARTS) is 1. The van der Waals surface area contributed by atoms with Crippen LogP contribution in [0.4, 0.5) is 4.39 Å². The summed E-state index contributed by atoms with van der Waals surface area (Å²) in [5.41, 5.74) is 1.82. The van der Waals surface area contributed by atoms with E-state index >= 15 is 0 Å². The van der Waals surface area contributed by atoms with Gasteiger partial charge in [-0.15, -0.1) is 5.10 Å². The molecule has 1 heterocycles. The number of rotatable bonds is 3. The highest BCUT2D eigenvalue weighted by Crippen LogP contribution is 2.24. The first-order valence-electron chi connectivity index (χ1n) is 6.02. The Bertz CT molecular complexity index is 785. The molecule has 0 aliphatic rings. The van der Waals surface area contributed by atoms with Crippen LogP contribution in [0.2, 0.25) is 0 Å². The van der Waals surface area contributed by atoms with Crippen LogP contribution in [-0.2, 0) is 0 Å². The second-order valence-corrected chi connectivity index (χ2v) is 4.33. The standard InChI is InChI=1S/C14H9FN4O2/c15-12-7-10(5-6-11(12)14(20)21)8-1-3-9(4-2-8)13-16-18-19-17-13/h1-7H,(H,20,21)(H,16,17,18,19). The van der Waals surface area contributed by atoms with Crippen molar-refractivity contribution in [1.29, 1.82) is 0 Å². The highest BCUT2D eigenvalue weighted by Gasteiger charge is 2.11. The van der Waals surface area contributed by atoms with Gasteiger partial charge in [-0.2, -0.15) is 0 Å². The molecule has 0 spiro atoms. The Hall–Kier alpha value is -3.09. The highest BCUT2D eigenvalue weighted by atomic mass is 19.1. The maximum Gasteiger partial charge on any atom is 0.338 e. The summed E-state index contributed by atoms with van der Waals surface area (Å²) in [4.78, 5) is 10.8. The molecule has 2 N–H and O–H groups in total. The van der Waals surface area contributed by atoms with Gasteiger partial charge in [-0.3, -0.25) is 0 Å². The highest BCUT2D eigenvalue weighted by molar-refractivity contribution is 5.88. The van der Waals surface area contributed by atoms with E-state index in [-0.39, 0.29) is 5.56 Å². The number of hydrogen-bond donors (Lipinski definition) is 2. The van der Waals surface area contributed by atoms with Gasteiger partial charge in [0.05, 0.1) is 5.56 Å². The van der Waals surface area contributed by atoms with Crippen LogP contribution >= 0.6 is 0 Å². The largest absolute Gasteiger partial charge is 0.478 e. The van der Waals surface area contributed by atoms with E-state index in [1.54, 1.807) is 30.3 Å². The average Bonchev–Trinajstić information content (AvgIpc) is 3.01. The number of benzene rings is 2. The van der Waals surface area contributed by atoms with Crippen LogP contribution in [-0.4, -0.2) is 31.7 Å². The van der Waals surface area contributed by atoms with Gasteiger partial charge in [0.2, 0.25) is 0 Å². The van der Waals surface area contributed by atoms with E-state index in [4.69, 9.17) is 5.11 Å². The number of aromatic amines is 1. The van der Waals surface area contributed by atoms with Crippen molar-refractivity contribution in [1.82, 2.24) is 20.6 Å². The predicted octanol–water partition coefficient (Wildman–Crippen LogP) is 2.37.